The molecule has 8 heteroatoms. The van der Waals surface area contributed by atoms with Gasteiger partial charge in [0.2, 0.25) is 0 Å². The molecule has 0 aliphatic carbocycles. The first-order valence-electron chi connectivity index (χ1n) is 10.6. The van der Waals surface area contributed by atoms with Gasteiger partial charge in [0.15, 0.2) is 5.11 Å². The minimum atomic E-state index is -0.443. The number of nitrogens with one attached hydrogen (secondary N) is 1. The van der Waals surface area contributed by atoms with Crippen LogP contribution < -0.4 is 15.0 Å². The van der Waals surface area contributed by atoms with E-state index in [1.165, 1.54) is 17.7 Å². The first-order valence-corrected chi connectivity index (χ1v) is 11.0. The van der Waals surface area contributed by atoms with E-state index in [9.17, 15) is 10.1 Å². The fraction of sp³-hybridized carbons (Fsp3) is 0.458. The van der Waals surface area contributed by atoms with Crippen molar-refractivity contribution in [3.8, 4) is 5.75 Å². The van der Waals surface area contributed by atoms with Gasteiger partial charge in [-0.1, -0.05) is 13.8 Å². The second kappa shape index (κ2) is 8.67. The van der Waals surface area contributed by atoms with E-state index in [2.05, 4.69) is 45.1 Å². The van der Waals surface area contributed by atoms with E-state index in [1.54, 1.807) is 19.2 Å². The summed E-state index contributed by atoms with van der Waals surface area (Å²) in [5.74, 6) is 0.732. The van der Waals surface area contributed by atoms with Crippen LogP contribution in [-0.2, 0) is 15.8 Å². The molecule has 0 unspecified atom stereocenters. The molecule has 2 aromatic carbocycles. The Kier molecular flexibility index (Phi) is 6.49. The lowest BCUT2D eigenvalue weighted by Gasteiger charge is -2.43. The number of nitro benzene ring substituents is 1. The highest BCUT2D eigenvalue weighted by Gasteiger charge is 2.39. The quantitative estimate of drug-likeness (QED) is 0.347. The first kappa shape index (κ1) is 23.9. The van der Waals surface area contributed by atoms with Gasteiger partial charge in [-0.3, -0.25) is 10.1 Å². The van der Waals surface area contributed by atoms with E-state index in [1.807, 2.05) is 18.7 Å². The molecule has 3 rings (SSSR count). The fourth-order valence-corrected chi connectivity index (χ4v) is 4.39. The summed E-state index contributed by atoms with van der Waals surface area (Å²) in [4.78, 5) is 12.5. The number of anilines is 2. The van der Waals surface area contributed by atoms with Crippen LogP contribution in [0, 0.1) is 10.1 Å². The molecule has 0 spiro atoms. The van der Waals surface area contributed by atoms with Crippen LogP contribution in [-0.4, -0.2) is 29.8 Å². The fourth-order valence-electron chi connectivity index (χ4n) is 3.97. The number of hydrogen-bond donors (Lipinski definition) is 1. The highest BCUT2D eigenvalue weighted by Crippen LogP contribution is 2.46. The van der Waals surface area contributed by atoms with Crippen molar-refractivity contribution in [1.29, 1.82) is 0 Å². The van der Waals surface area contributed by atoms with Gasteiger partial charge in [0.05, 0.1) is 29.9 Å². The van der Waals surface area contributed by atoms with E-state index >= 15 is 0 Å². The van der Waals surface area contributed by atoms with Crippen LogP contribution in [0.15, 0.2) is 36.4 Å². The molecule has 0 fully saturated rings. The number of nitrogens with zero attached hydrogens (tertiary/aromatic N) is 2. The Morgan fingerprint density at radius 3 is 2.34 bits per heavy atom. The van der Waals surface area contributed by atoms with Crippen LogP contribution in [0.1, 0.15) is 52.7 Å². The predicted octanol–water partition coefficient (Wildman–Crippen LogP) is 5.76. The molecule has 32 heavy (non-hydrogen) atoms. The molecule has 172 valence electrons. The number of nitro groups is 1. The van der Waals surface area contributed by atoms with E-state index < -0.39 is 10.5 Å². The molecule has 1 heterocycles. The summed E-state index contributed by atoms with van der Waals surface area (Å²) < 4.78 is 12.0. The van der Waals surface area contributed by atoms with Crippen molar-refractivity contribution in [2.75, 3.05) is 23.9 Å². The molecule has 0 bridgehead atoms. The lowest BCUT2D eigenvalue weighted by molar-refractivity contribution is -0.384. The second-order valence-electron chi connectivity index (χ2n) is 9.45. The van der Waals surface area contributed by atoms with Gasteiger partial charge in [-0.25, -0.2) is 0 Å². The summed E-state index contributed by atoms with van der Waals surface area (Å²) in [6, 6.07) is 10.4. The molecule has 7 nitrogen and oxygen atoms in total. The molecule has 0 atom stereocenters. The molecular weight excluding hydrogens is 426 g/mol. The van der Waals surface area contributed by atoms with Crippen molar-refractivity contribution in [1.82, 2.24) is 0 Å². The van der Waals surface area contributed by atoms with Crippen molar-refractivity contribution >= 4 is 34.4 Å². The molecule has 1 N–H and O–H groups in total. The minimum absolute atomic E-state index is 0.0284. The largest absolute Gasteiger partial charge is 0.495 e. The summed E-state index contributed by atoms with van der Waals surface area (Å²) in [6.07, 6.45) is 0. The number of non-ortho nitro benzene ring substituents is 1. The molecule has 0 amide bonds. The zero-order chi connectivity index (χ0) is 23.8. The number of benzene rings is 2. The van der Waals surface area contributed by atoms with Crippen molar-refractivity contribution in [3.63, 3.8) is 0 Å². The van der Waals surface area contributed by atoms with Gasteiger partial charge in [0, 0.05) is 29.3 Å². The highest BCUT2D eigenvalue weighted by molar-refractivity contribution is 7.80. The Morgan fingerprint density at radius 2 is 1.81 bits per heavy atom. The van der Waals surface area contributed by atoms with Gasteiger partial charge in [0.25, 0.3) is 5.69 Å². The van der Waals surface area contributed by atoms with Crippen LogP contribution >= 0.6 is 12.2 Å². The lowest BCUT2D eigenvalue weighted by Crippen LogP contribution is -2.42. The van der Waals surface area contributed by atoms with Gasteiger partial charge >= 0.3 is 0 Å². The summed E-state index contributed by atoms with van der Waals surface area (Å²) >= 11 is 5.76. The van der Waals surface area contributed by atoms with Crippen LogP contribution in [0.5, 0.6) is 5.75 Å². The average molecular weight is 458 g/mol. The normalized spacial score (nSPS) is 16.2. The molecule has 0 saturated carbocycles. The standard InChI is InChI=1S/C24H31N3O4S/c1-15(2)26(22(32)25-16-8-10-17(11-9-16)27(28)29)20-12-19-18(13-21(20)30-7)23(3,4)14-31-24(19,5)6/h8-13,15H,14H2,1-7H3,(H,25,32). The Balaban J connectivity index is 2.04. The minimum Gasteiger partial charge on any atom is -0.495 e. The van der Waals surface area contributed by atoms with Gasteiger partial charge in [0.1, 0.15) is 5.75 Å². The summed E-state index contributed by atoms with van der Waals surface area (Å²) in [5.41, 5.74) is 3.27. The van der Waals surface area contributed by atoms with Crippen LogP contribution in [0.2, 0.25) is 0 Å². The van der Waals surface area contributed by atoms with Crippen molar-refractivity contribution in [2.45, 2.75) is 58.6 Å². The molecule has 0 saturated heterocycles. The third-order valence-corrected chi connectivity index (χ3v) is 6.11. The van der Waals surface area contributed by atoms with E-state index in [0.717, 1.165) is 17.0 Å². The zero-order valence-corrected chi connectivity index (χ0v) is 20.5. The second-order valence-corrected chi connectivity index (χ2v) is 9.84. The van der Waals surface area contributed by atoms with E-state index in [4.69, 9.17) is 21.7 Å². The Bertz CT molecular complexity index is 1030. The maximum atomic E-state index is 10.9. The van der Waals surface area contributed by atoms with Crippen LogP contribution in [0.3, 0.4) is 0 Å². The number of fused-ring (bicyclic) bond motifs is 1. The highest BCUT2D eigenvalue weighted by atomic mass is 32.1. The lowest BCUT2D eigenvalue weighted by atomic mass is 9.75. The SMILES string of the molecule is COc1cc2c(cc1N(C(=S)Nc1ccc([N+](=O)[O-])cc1)C(C)C)C(C)(C)OCC2(C)C. The Hall–Kier alpha value is -2.71. The van der Waals surface area contributed by atoms with E-state index in [-0.39, 0.29) is 17.1 Å². The molecule has 1 aliphatic rings. The van der Waals surface area contributed by atoms with Gasteiger partial charge in [-0.15, -0.1) is 0 Å². The van der Waals surface area contributed by atoms with Crippen molar-refractivity contribution in [2.24, 2.45) is 0 Å². The topological polar surface area (TPSA) is 76.9 Å². The van der Waals surface area contributed by atoms with Gasteiger partial charge < -0.3 is 19.7 Å². The van der Waals surface area contributed by atoms with Crippen LogP contribution in [0.4, 0.5) is 17.1 Å². The molecule has 1 aliphatic heterocycles. The first-order chi connectivity index (χ1) is 14.9. The van der Waals surface area contributed by atoms with E-state index in [0.29, 0.717) is 17.4 Å². The predicted molar refractivity (Wildman–Crippen MR) is 132 cm³/mol. The zero-order valence-electron chi connectivity index (χ0n) is 19.7. The summed E-state index contributed by atoms with van der Waals surface area (Å²) in [7, 11) is 1.66. The smallest absolute Gasteiger partial charge is 0.269 e. The van der Waals surface area contributed by atoms with Gasteiger partial charge in [-0.05, 0) is 75.3 Å². The third kappa shape index (κ3) is 4.56. The third-order valence-electron chi connectivity index (χ3n) is 5.81. The van der Waals surface area contributed by atoms with Crippen molar-refractivity contribution < 1.29 is 14.4 Å². The molecule has 0 radical (unpaired) electrons. The number of methoxy groups -OCH3 is 1. The maximum absolute atomic E-state index is 10.9. The number of thiocarbonyl (C=S) groups is 1. The monoisotopic (exact) mass is 457 g/mol. The number of hydrogen-bond acceptors (Lipinski definition) is 5. The number of rotatable bonds is 5. The Morgan fingerprint density at radius 1 is 1.19 bits per heavy atom. The Labute approximate surface area is 194 Å². The van der Waals surface area contributed by atoms with Crippen molar-refractivity contribution in [3.05, 3.63) is 57.6 Å². The molecular formula is C24H31N3O4S. The van der Waals surface area contributed by atoms with Crippen LogP contribution in [0.25, 0.3) is 0 Å². The van der Waals surface area contributed by atoms with Gasteiger partial charge in [-0.2, -0.15) is 0 Å². The summed E-state index contributed by atoms with van der Waals surface area (Å²) in [6.45, 7) is 13.2. The molecule has 2 aromatic rings. The maximum Gasteiger partial charge on any atom is 0.269 e. The molecule has 0 aromatic heterocycles. The average Bonchev–Trinajstić information content (AvgIpc) is 2.71. The summed E-state index contributed by atoms with van der Waals surface area (Å²) in [5, 5.41) is 14.6. The number of ether oxygens (including phenoxy) is 2.